The summed E-state index contributed by atoms with van der Waals surface area (Å²) in [5.41, 5.74) is 10.8. The first-order valence-corrected chi connectivity index (χ1v) is 11.7. The Labute approximate surface area is 194 Å². The molecule has 164 valence electrons. The summed E-state index contributed by atoms with van der Waals surface area (Å²) in [5, 5.41) is 9.84. The van der Waals surface area contributed by atoms with Gasteiger partial charge in [0, 0.05) is 17.1 Å². The molecule has 0 aliphatic carbocycles. The van der Waals surface area contributed by atoms with Crippen molar-refractivity contribution in [1.29, 1.82) is 0 Å². The highest BCUT2D eigenvalue weighted by Gasteiger charge is 2.13. The molecule has 0 fully saturated rings. The molecule has 0 bridgehead atoms. The van der Waals surface area contributed by atoms with Gasteiger partial charge < -0.3 is 0 Å². The summed E-state index contributed by atoms with van der Waals surface area (Å²) >= 11 is 0. The highest BCUT2D eigenvalue weighted by Crippen LogP contribution is 2.29. The number of pyridine rings is 1. The smallest absolute Gasteiger partial charge is 0.0944 e. The second kappa shape index (κ2) is 8.99. The Morgan fingerprint density at radius 2 is 1.42 bits per heavy atom. The second-order valence-electron chi connectivity index (χ2n) is 8.32. The first-order chi connectivity index (χ1) is 16.2. The molecule has 0 aliphatic heterocycles. The Morgan fingerprint density at radius 1 is 0.727 bits per heavy atom. The summed E-state index contributed by atoms with van der Waals surface area (Å²) in [5.74, 6) is 0. The average molecular weight is 433 g/mol. The van der Waals surface area contributed by atoms with Gasteiger partial charge in [-0.1, -0.05) is 68.4 Å². The number of nitrogens with zero attached hydrogens (tertiary/aromatic N) is 4. The lowest BCUT2D eigenvalue weighted by Crippen LogP contribution is -2.05. The van der Waals surface area contributed by atoms with Crippen LogP contribution in [0, 0.1) is 0 Å². The van der Waals surface area contributed by atoms with Crippen molar-refractivity contribution in [2.75, 3.05) is 0 Å². The number of aryl methyl sites for hydroxylation is 2. The molecule has 5 rings (SSSR count). The van der Waals surface area contributed by atoms with Crippen molar-refractivity contribution in [3.05, 3.63) is 95.8 Å². The summed E-state index contributed by atoms with van der Waals surface area (Å²) in [7, 11) is 0. The first kappa shape index (κ1) is 21.1. The third-order valence-electron chi connectivity index (χ3n) is 6.45. The Kier molecular flexibility index (Phi) is 5.74. The Morgan fingerprint density at radius 3 is 2.12 bits per heavy atom. The highest BCUT2D eigenvalue weighted by atomic mass is 15.4. The molecule has 4 nitrogen and oxygen atoms in total. The van der Waals surface area contributed by atoms with Crippen LogP contribution in [0.4, 0.5) is 0 Å². The summed E-state index contributed by atoms with van der Waals surface area (Å²) in [6, 6.07) is 23.6. The van der Waals surface area contributed by atoms with Crippen molar-refractivity contribution in [1.82, 2.24) is 20.0 Å². The van der Waals surface area contributed by atoms with Crippen LogP contribution in [0.3, 0.4) is 0 Å². The lowest BCUT2D eigenvalue weighted by molar-refractivity contribution is 0.802. The molecule has 0 atom stereocenters. The van der Waals surface area contributed by atoms with E-state index in [9.17, 15) is 0 Å². The van der Waals surface area contributed by atoms with Gasteiger partial charge in [-0.25, -0.2) is 4.68 Å². The van der Waals surface area contributed by atoms with Crippen molar-refractivity contribution in [3.8, 4) is 28.1 Å². The summed E-state index contributed by atoms with van der Waals surface area (Å²) < 4.78 is 1.96. The normalized spacial score (nSPS) is 11.2. The number of benzene rings is 3. The van der Waals surface area contributed by atoms with E-state index in [2.05, 4.69) is 96.7 Å². The zero-order chi connectivity index (χ0) is 22.8. The summed E-state index contributed by atoms with van der Waals surface area (Å²) in [4.78, 5) is 4.49. The van der Waals surface area contributed by atoms with Crippen molar-refractivity contribution in [3.63, 3.8) is 0 Å². The maximum absolute atomic E-state index is 4.49. The van der Waals surface area contributed by atoms with Gasteiger partial charge in [0.05, 0.1) is 23.1 Å². The van der Waals surface area contributed by atoms with Gasteiger partial charge in [-0.2, -0.15) is 0 Å². The molecule has 2 aromatic heterocycles. The number of aromatic nitrogens is 4. The van der Waals surface area contributed by atoms with E-state index >= 15 is 0 Å². The van der Waals surface area contributed by atoms with Gasteiger partial charge in [-0.05, 0) is 71.3 Å². The van der Waals surface area contributed by atoms with Crippen LogP contribution in [-0.4, -0.2) is 20.0 Å². The highest BCUT2D eigenvalue weighted by molar-refractivity contribution is 5.84. The van der Waals surface area contributed by atoms with Gasteiger partial charge >= 0.3 is 0 Å². The van der Waals surface area contributed by atoms with Gasteiger partial charge in [-0.3, -0.25) is 4.98 Å². The SMILES string of the molecule is CCc1cc(-n2nncc2-c2ccc(-c3ccc4cccnc4c3)cc2)cc(CC)c1CC. The van der Waals surface area contributed by atoms with Crippen LogP contribution in [0.2, 0.25) is 0 Å². The van der Waals surface area contributed by atoms with E-state index in [0.29, 0.717) is 0 Å². The van der Waals surface area contributed by atoms with Crippen LogP contribution in [-0.2, 0) is 19.3 Å². The predicted octanol–water partition coefficient (Wildman–Crippen LogP) is 6.84. The van der Waals surface area contributed by atoms with Crippen LogP contribution >= 0.6 is 0 Å². The average Bonchev–Trinajstić information content (AvgIpc) is 3.37. The Bertz CT molecular complexity index is 1390. The molecule has 0 radical (unpaired) electrons. The molecule has 0 saturated heterocycles. The second-order valence-corrected chi connectivity index (χ2v) is 8.32. The first-order valence-electron chi connectivity index (χ1n) is 11.7. The van der Waals surface area contributed by atoms with Gasteiger partial charge in [-0.15, -0.1) is 5.10 Å². The molecule has 0 spiro atoms. The molecule has 4 heteroatoms. The van der Waals surface area contributed by atoms with Crippen molar-refractivity contribution in [2.24, 2.45) is 0 Å². The fourth-order valence-corrected chi connectivity index (χ4v) is 4.69. The lowest BCUT2D eigenvalue weighted by Gasteiger charge is -2.15. The minimum absolute atomic E-state index is 0.995. The number of hydrogen-bond donors (Lipinski definition) is 0. The van der Waals surface area contributed by atoms with Crippen molar-refractivity contribution < 1.29 is 0 Å². The van der Waals surface area contributed by atoms with Crippen molar-refractivity contribution in [2.45, 2.75) is 40.0 Å². The van der Waals surface area contributed by atoms with Crippen LogP contribution in [0.15, 0.2) is 79.1 Å². The van der Waals surface area contributed by atoms with E-state index in [-0.39, 0.29) is 0 Å². The fraction of sp³-hybridized carbons (Fsp3) is 0.207. The Hall–Kier alpha value is -3.79. The standard InChI is InChI=1S/C29H28N4/c1-4-20-16-26(17-21(5-2)27(20)6-3)33-29(19-31-32-33)24-12-9-22(10-13-24)25-14-11-23-8-7-15-30-28(23)18-25/h7-19H,4-6H2,1-3H3. The quantitative estimate of drug-likeness (QED) is 0.295. The van der Waals surface area contributed by atoms with Gasteiger partial charge in [0.25, 0.3) is 0 Å². The van der Waals surface area contributed by atoms with Crippen molar-refractivity contribution >= 4 is 10.9 Å². The summed E-state index contributed by atoms with van der Waals surface area (Å²) in [6.07, 6.45) is 6.78. The lowest BCUT2D eigenvalue weighted by atomic mass is 9.94. The predicted molar refractivity (Wildman–Crippen MR) is 136 cm³/mol. The number of rotatable bonds is 6. The zero-order valence-electron chi connectivity index (χ0n) is 19.4. The van der Waals surface area contributed by atoms with Crippen LogP contribution in [0.5, 0.6) is 0 Å². The van der Waals surface area contributed by atoms with E-state index in [0.717, 1.165) is 52.7 Å². The monoisotopic (exact) mass is 432 g/mol. The van der Waals surface area contributed by atoms with Gasteiger partial charge in [0.15, 0.2) is 0 Å². The maximum Gasteiger partial charge on any atom is 0.0944 e. The minimum Gasteiger partial charge on any atom is -0.256 e. The van der Waals surface area contributed by atoms with Gasteiger partial charge in [0.1, 0.15) is 0 Å². The van der Waals surface area contributed by atoms with E-state index < -0.39 is 0 Å². The van der Waals surface area contributed by atoms with E-state index in [1.165, 1.54) is 22.3 Å². The fourth-order valence-electron chi connectivity index (χ4n) is 4.69. The molecular formula is C29H28N4. The third kappa shape index (κ3) is 3.93. The van der Waals surface area contributed by atoms with E-state index in [1.807, 2.05) is 23.1 Å². The van der Waals surface area contributed by atoms with Gasteiger partial charge in [0.2, 0.25) is 0 Å². The number of hydrogen-bond acceptors (Lipinski definition) is 3. The topological polar surface area (TPSA) is 43.6 Å². The molecular weight excluding hydrogens is 404 g/mol. The van der Waals surface area contributed by atoms with Crippen LogP contribution in [0.25, 0.3) is 39.0 Å². The Balaban J connectivity index is 1.52. The largest absolute Gasteiger partial charge is 0.256 e. The van der Waals surface area contributed by atoms with E-state index in [4.69, 9.17) is 0 Å². The van der Waals surface area contributed by atoms with Crippen LogP contribution in [0.1, 0.15) is 37.5 Å². The third-order valence-corrected chi connectivity index (χ3v) is 6.45. The molecule has 0 amide bonds. The minimum atomic E-state index is 0.995. The maximum atomic E-state index is 4.49. The molecule has 0 N–H and O–H groups in total. The molecule has 0 unspecified atom stereocenters. The molecule has 0 aliphatic rings. The number of fused-ring (bicyclic) bond motifs is 1. The molecule has 3 aromatic carbocycles. The molecule has 0 saturated carbocycles. The molecule has 2 heterocycles. The summed E-state index contributed by atoms with van der Waals surface area (Å²) in [6.45, 7) is 6.68. The molecule has 33 heavy (non-hydrogen) atoms. The zero-order valence-corrected chi connectivity index (χ0v) is 19.4. The van der Waals surface area contributed by atoms with E-state index in [1.54, 1.807) is 0 Å². The molecule has 5 aromatic rings. The van der Waals surface area contributed by atoms with Crippen LogP contribution < -0.4 is 0 Å².